The lowest BCUT2D eigenvalue weighted by Gasteiger charge is -2.22. The molecule has 1 aliphatic heterocycles. The number of nitrogens with one attached hydrogen (secondary N) is 1. The topological polar surface area (TPSA) is 49.4 Å². The number of nitrogens with zero attached hydrogens (tertiary/aromatic N) is 1. The third-order valence-electron chi connectivity index (χ3n) is 3.14. The van der Waals surface area contributed by atoms with Crippen LogP contribution in [-0.2, 0) is 9.59 Å². The van der Waals surface area contributed by atoms with E-state index in [4.69, 9.17) is 0 Å². The first kappa shape index (κ1) is 13.2. The number of likely N-dealkylation sites (tertiary alicyclic amines) is 1. The van der Waals surface area contributed by atoms with Crippen molar-refractivity contribution in [2.45, 2.75) is 46.1 Å². The van der Waals surface area contributed by atoms with Gasteiger partial charge in [-0.15, -0.1) is 0 Å². The van der Waals surface area contributed by atoms with Crippen LogP contribution in [-0.4, -0.2) is 35.8 Å². The highest BCUT2D eigenvalue weighted by atomic mass is 16.2. The largest absolute Gasteiger partial charge is 0.312 e. The first-order chi connectivity index (χ1) is 7.56. The van der Waals surface area contributed by atoms with E-state index >= 15 is 0 Å². The molecule has 1 atom stereocenters. The number of hydrogen-bond donors (Lipinski definition) is 1. The highest BCUT2D eigenvalue weighted by Crippen LogP contribution is 2.11. The lowest BCUT2D eigenvalue weighted by Crippen LogP contribution is -2.41. The molecule has 1 fully saturated rings. The number of carbonyl (C=O) groups excluding carboxylic acids is 2. The van der Waals surface area contributed by atoms with Crippen molar-refractivity contribution >= 4 is 11.8 Å². The Hall–Kier alpha value is -0.900. The molecule has 1 heterocycles. The van der Waals surface area contributed by atoms with Gasteiger partial charge in [0.05, 0.1) is 0 Å². The van der Waals surface area contributed by atoms with Crippen LogP contribution in [0, 0.1) is 5.92 Å². The molecule has 92 valence electrons. The average molecular weight is 226 g/mol. The SMILES string of the molecule is CCC(NCCN1C(=O)CCC1=O)C(C)C. The van der Waals surface area contributed by atoms with Crippen LogP contribution in [0.5, 0.6) is 0 Å². The Bertz CT molecular complexity index is 248. The number of imide groups is 1. The number of rotatable bonds is 6. The molecule has 1 rings (SSSR count). The van der Waals surface area contributed by atoms with Crippen molar-refractivity contribution in [3.05, 3.63) is 0 Å². The van der Waals surface area contributed by atoms with Crippen LogP contribution in [0.2, 0.25) is 0 Å². The molecule has 0 radical (unpaired) electrons. The quantitative estimate of drug-likeness (QED) is 0.691. The second-order valence-corrected chi connectivity index (χ2v) is 4.65. The van der Waals surface area contributed by atoms with Gasteiger partial charge in [0.2, 0.25) is 11.8 Å². The molecule has 0 saturated carbocycles. The Labute approximate surface area is 97.4 Å². The van der Waals surface area contributed by atoms with Gasteiger partial charge < -0.3 is 5.32 Å². The summed E-state index contributed by atoms with van der Waals surface area (Å²) in [6.07, 6.45) is 1.85. The fourth-order valence-electron chi connectivity index (χ4n) is 2.09. The fraction of sp³-hybridized carbons (Fsp3) is 0.833. The van der Waals surface area contributed by atoms with Gasteiger partial charge in [-0.1, -0.05) is 20.8 Å². The van der Waals surface area contributed by atoms with Gasteiger partial charge in [0, 0.05) is 32.0 Å². The van der Waals surface area contributed by atoms with Gasteiger partial charge in [0.1, 0.15) is 0 Å². The van der Waals surface area contributed by atoms with Crippen molar-refractivity contribution in [1.29, 1.82) is 0 Å². The number of carbonyl (C=O) groups is 2. The van der Waals surface area contributed by atoms with Crippen molar-refractivity contribution in [2.24, 2.45) is 5.92 Å². The van der Waals surface area contributed by atoms with Gasteiger partial charge in [0.25, 0.3) is 0 Å². The van der Waals surface area contributed by atoms with Gasteiger partial charge in [-0.3, -0.25) is 14.5 Å². The normalized spacial score (nSPS) is 18.6. The summed E-state index contributed by atoms with van der Waals surface area (Å²) in [5.41, 5.74) is 0. The molecule has 4 nitrogen and oxygen atoms in total. The first-order valence-electron chi connectivity index (χ1n) is 6.12. The van der Waals surface area contributed by atoms with Crippen LogP contribution >= 0.6 is 0 Å². The van der Waals surface area contributed by atoms with E-state index in [1.54, 1.807) is 0 Å². The molecule has 0 aromatic carbocycles. The van der Waals surface area contributed by atoms with Crippen molar-refractivity contribution in [2.75, 3.05) is 13.1 Å². The molecule has 0 bridgehead atoms. The van der Waals surface area contributed by atoms with Crippen molar-refractivity contribution < 1.29 is 9.59 Å². The highest BCUT2D eigenvalue weighted by molar-refractivity contribution is 6.01. The molecule has 0 aliphatic carbocycles. The Balaban J connectivity index is 2.29. The highest BCUT2D eigenvalue weighted by Gasteiger charge is 2.28. The minimum absolute atomic E-state index is 0.0237. The van der Waals surface area contributed by atoms with Crippen LogP contribution < -0.4 is 5.32 Å². The standard InChI is InChI=1S/C12H22N2O2/c1-4-10(9(2)3)13-7-8-14-11(15)5-6-12(14)16/h9-10,13H,4-8H2,1-3H3. The molecule has 0 spiro atoms. The summed E-state index contributed by atoms with van der Waals surface area (Å²) >= 11 is 0. The van der Waals surface area contributed by atoms with Gasteiger partial charge in [-0.25, -0.2) is 0 Å². The van der Waals surface area contributed by atoms with E-state index < -0.39 is 0 Å². The molecule has 1 N–H and O–H groups in total. The fourth-order valence-corrected chi connectivity index (χ4v) is 2.09. The van der Waals surface area contributed by atoms with Crippen LogP contribution in [0.1, 0.15) is 40.0 Å². The summed E-state index contributed by atoms with van der Waals surface area (Å²) in [4.78, 5) is 24.1. The maximum atomic E-state index is 11.3. The van der Waals surface area contributed by atoms with Crippen LogP contribution in [0.4, 0.5) is 0 Å². The monoisotopic (exact) mass is 226 g/mol. The lowest BCUT2D eigenvalue weighted by atomic mass is 10.0. The van der Waals surface area contributed by atoms with E-state index in [-0.39, 0.29) is 11.8 Å². The predicted octanol–water partition coefficient (Wildman–Crippen LogP) is 1.16. The van der Waals surface area contributed by atoms with Gasteiger partial charge in [0.15, 0.2) is 0 Å². The summed E-state index contributed by atoms with van der Waals surface area (Å²) in [7, 11) is 0. The third kappa shape index (κ3) is 3.30. The van der Waals surface area contributed by atoms with Crippen molar-refractivity contribution in [3.63, 3.8) is 0 Å². The zero-order chi connectivity index (χ0) is 12.1. The van der Waals surface area contributed by atoms with Gasteiger partial charge >= 0.3 is 0 Å². The number of hydrogen-bond acceptors (Lipinski definition) is 3. The molecule has 0 aromatic heterocycles. The number of amides is 2. The molecule has 0 aromatic rings. The van der Waals surface area contributed by atoms with Crippen LogP contribution in [0.25, 0.3) is 0 Å². The Morgan fingerprint density at radius 2 is 1.81 bits per heavy atom. The molecule has 1 unspecified atom stereocenters. The smallest absolute Gasteiger partial charge is 0.229 e. The maximum Gasteiger partial charge on any atom is 0.229 e. The molecule has 1 aliphatic rings. The molecule has 2 amide bonds. The molecular weight excluding hydrogens is 204 g/mol. The zero-order valence-electron chi connectivity index (χ0n) is 10.5. The first-order valence-corrected chi connectivity index (χ1v) is 6.12. The van der Waals surface area contributed by atoms with E-state index in [0.29, 0.717) is 37.9 Å². The van der Waals surface area contributed by atoms with Gasteiger partial charge in [-0.05, 0) is 12.3 Å². The van der Waals surface area contributed by atoms with Crippen molar-refractivity contribution in [1.82, 2.24) is 10.2 Å². The van der Waals surface area contributed by atoms with Crippen LogP contribution in [0.3, 0.4) is 0 Å². The summed E-state index contributed by atoms with van der Waals surface area (Å²) in [6.45, 7) is 7.71. The summed E-state index contributed by atoms with van der Waals surface area (Å²) in [6, 6.07) is 0.466. The molecular formula is C12H22N2O2. The zero-order valence-corrected chi connectivity index (χ0v) is 10.5. The molecule has 1 saturated heterocycles. The summed E-state index contributed by atoms with van der Waals surface area (Å²) in [5.74, 6) is 0.531. The van der Waals surface area contributed by atoms with Crippen molar-refractivity contribution in [3.8, 4) is 0 Å². The molecule has 16 heavy (non-hydrogen) atoms. The van der Waals surface area contributed by atoms with E-state index in [1.807, 2.05) is 0 Å². The predicted molar refractivity (Wildman–Crippen MR) is 62.9 cm³/mol. The lowest BCUT2D eigenvalue weighted by molar-refractivity contribution is -0.138. The van der Waals surface area contributed by atoms with Gasteiger partial charge in [-0.2, -0.15) is 0 Å². The second kappa shape index (κ2) is 5.99. The van der Waals surface area contributed by atoms with E-state index in [2.05, 4.69) is 26.1 Å². The van der Waals surface area contributed by atoms with E-state index in [0.717, 1.165) is 6.42 Å². The minimum atomic E-state index is -0.0237. The average Bonchev–Trinajstić information content (AvgIpc) is 2.54. The third-order valence-corrected chi connectivity index (χ3v) is 3.14. The molecule has 4 heteroatoms. The van der Waals surface area contributed by atoms with E-state index in [1.165, 1.54) is 4.90 Å². The minimum Gasteiger partial charge on any atom is -0.312 e. The second-order valence-electron chi connectivity index (χ2n) is 4.65. The maximum absolute atomic E-state index is 11.3. The Morgan fingerprint density at radius 3 is 2.25 bits per heavy atom. The Morgan fingerprint density at radius 1 is 1.25 bits per heavy atom. The Kier molecular flexibility index (Phi) is 4.93. The summed E-state index contributed by atoms with van der Waals surface area (Å²) < 4.78 is 0. The van der Waals surface area contributed by atoms with Crippen LogP contribution in [0.15, 0.2) is 0 Å². The summed E-state index contributed by atoms with van der Waals surface area (Å²) in [5, 5.41) is 3.39. The van der Waals surface area contributed by atoms with E-state index in [9.17, 15) is 9.59 Å².